The van der Waals surface area contributed by atoms with Crippen LogP contribution in [0, 0.1) is 0 Å². The van der Waals surface area contributed by atoms with Gasteiger partial charge in [-0.2, -0.15) is 0 Å². The van der Waals surface area contributed by atoms with Crippen LogP contribution < -0.4 is 0 Å². The van der Waals surface area contributed by atoms with E-state index in [0.29, 0.717) is 0 Å². The Balaban J connectivity index is 3.32. The van der Waals surface area contributed by atoms with E-state index in [0.717, 1.165) is 27.2 Å². The van der Waals surface area contributed by atoms with Gasteiger partial charge in [-0.25, -0.2) is 0 Å². The van der Waals surface area contributed by atoms with Gasteiger partial charge in [-0.1, -0.05) is 19.6 Å². The molecule has 0 bridgehead atoms. The normalized spacial score (nSPS) is 25.8. The van der Waals surface area contributed by atoms with Crippen molar-refractivity contribution in [2.75, 3.05) is 6.61 Å². The second kappa shape index (κ2) is 12.0. The van der Waals surface area contributed by atoms with Gasteiger partial charge in [0.05, 0.1) is 0 Å². The number of rotatable bonds is 9. The van der Waals surface area contributed by atoms with Crippen LogP contribution in [0.1, 0.15) is 41.0 Å². The molecule has 1 aliphatic heterocycles. The Bertz CT molecular complexity index is 683. The van der Waals surface area contributed by atoms with Crippen molar-refractivity contribution in [1.29, 1.82) is 0 Å². The zero-order valence-electron chi connectivity index (χ0n) is 17.7. The highest BCUT2D eigenvalue weighted by molar-refractivity contribution is 5.68. The lowest BCUT2D eigenvalue weighted by Crippen LogP contribution is -2.62. The predicted octanol–water partition coefficient (Wildman–Crippen LogP) is 1.57. The minimum atomic E-state index is -1.28. The second-order valence-electron chi connectivity index (χ2n) is 6.46. The van der Waals surface area contributed by atoms with Gasteiger partial charge in [-0.05, 0) is 12.5 Å². The summed E-state index contributed by atoms with van der Waals surface area (Å²) in [6.45, 7) is 9.97. The highest BCUT2D eigenvalue weighted by Gasteiger charge is 2.53. The van der Waals surface area contributed by atoms with Crippen molar-refractivity contribution < 1.29 is 47.6 Å². The predicted molar refractivity (Wildman–Crippen MR) is 102 cm³/mol. The third-order valence-corrected chi connectivity index (χ3v) is 3.76. The van der Waals surface area contributed by atoms with Gasteiger partial charge < -0.3 is 28.4 Å². The van der Waals surface area contributed by atoms with Gasteiger partial charge in [-0.15, -0.1) is 0 Å². The first kappa shape index (κ1) is 25.2. The zero-order valence-corrected chi connectivity index (χ0v) is 17.7. The zero-order chi connectivity index (χ0) is 22.8. The lowest BCUT2D eigenvalue weighted by atomic mass is 9.98. The van der Waals surface area contributed by atoms with Crippen molar-refractivity contribution in [1.82, 2.24) is 0 Å². The molecule has 0 aromatic rings. The SMILES string of the molecule is C=C(/C=C\CC)O[C@@H]1O[C@H](COC(C)=O)[C@H](OC(C)=O)[C@H](OC(C)=O)[C@H]1OC(C)=O. The van der Waals surface area contributed by atoms with E-state index in [9.17, 15) is 19.2 Å². The molecule has 30 heavy (non-hydrogen) atoms. The Morgan fingerprint density at radius 3 is 1.87 bits per heavy atom. The molecule has 5 atom stereocenters. The molecule has 10 nitrogen and oxygen atoms in total. The molecule has 1 heterocycles. The van der Waals surface area contributed by atoms with Crippen LogP contribution in [0.5, 0.6) is 0 Å². The van der Waals surface area contributed by atoms with E-state index >= 15 is 0 Å². The lowest BCUT2D eigenvalue weighted by molar-refractivity contribution is -0.299. The maximum absolute atomic E-state index is 11.7. The van der Waals surface area contributed by atoms with Crippen LogP contribution in [0.4, 0.5) is 0 Å². The van der Waals surface area contributed by atoms with Crippen LogP contribution in [0.2, 0.25) is 0 Å². The van der Waals surface area contributed by atoms with Crippen molar-refractivity contribution in [3.8, 4) is 0 Å². The van der Waals surface area contributed by atoms with E-state index in [-0.39, 0.29) is 12.4 Å². The molecule has 0 aliphatic carbocycles. The van der Waals surface area contributed by atoms with E-state index in [4.69, 9.17) is 28.4 Å². The van der Waals surface area contributed by atoms with Crippen LogP contribution in [0.15, 0.2) is 24.5 Å². The van der Waals surface area contributed by atoms with E-state index in [1.165, 1.54) is 6.92 Å². The van der Waals surface area contributed by atoms with Crippen LogP contribution in [0.3, 0.4) is 0 Å². The summed E-state index contributed by atoms with van der Waals surface area (Å²) in [6, 6.07) is 0. The fourth-order valence-corrected chi connectivity index (χ4v) is 2.72. The Kier molecular flexibility index (Phi) is 10.0. The summed E-state index contributed by atoms with van der Waals surface area (Å²) in [7, 11) is 0. The Hall–Kier alpha value is -2.88. The summed E-state index contributed by atoms with van der Waals surface area (Å²) in [5.41, 5.74) is 0. The fraction of sp³-hybridized carbons (Fsp3) is 0.600. The maximum atomic E-state index is 11.7. The monoisotopic (exact) mass is 428 g/mol. The molecule has 1 fully saturated rings. The summed E-state index contributed by atoms with van der Waals surface area (Å²) < 4.78 is 32.3. The highest BCUT2D eigenvalue weighted by atomic mass is 16.7. The smallest absolute Gasteiger partial charge is 0.303 e. The fourth-order valence-electron chi connectivity index (χ4n) is 2.72. The molecule has 0 saturated carbocycles. The molecule has 1 saturated heterocycles. The number of allylic oxidation sites excluding steroid dienone is 2. The average molecular weight is 428 g/mol. The first-order valence-corrected chi connectivity index (χ1v) is 9.37. The summed E-state index contributed by atoms with van der Waals surface area (Å²) in [5.74, 6) is -2.53. The topological polar surface area (TPSA) is 124 Å². The molecular formula is C20H28O10. The van der Waals surface area contributed by atoms with Gasteiger partial charge in [0, 0.05) is 27.7 Å². The Morgan fingerprint density at radius 2 is 1.37 bits per heavy atom. The standard InChI is InChI=1S/C20H28O10/c1-7-8-9-11(2)26-20-19(29-15(6)24)18(28-14(5)23)17(27-13(4)22)16(30-20)10-25-12(3)21/h8-9,16-20H,2,7,10H2,1,3-6H3/b9-8-/t16-,17+,18+,19-,20-/m1/s1. The number of hydrogen-bond acceptors (Lipinski definition) is 10. The molecule has 0 amide bonds. The molecule has 1 aliphatic rings. The molecule has 10 heteroatoms. The molecule has 1 rings (SSSR count). The van der Waals surface area contributed by atoms with Crippen LogP contribution in [-0.2, 0) is 47.6 Å². The van der Waals surface area contributed by atoms with Crippen molar-refractivity contribution in [2.24, 2.45) is 0 Å². The molecular weight excluding hydrogens is 400 g/mol. The molecule has 168 valence electrons. The molecule has 0 unspecified atom stereocenters. The first-order chi connectivity index (χ1) is 14.0. The minimum absolute atomic E-state index is 0.192. The molecule has 0 spiro atoms. The number of ether oxygens (including phenoxy) is 6. The van der Waals surface area contributed by atoms with Gasteiger partial charge in [0.25, 0.3) is 0 Å². The van der Waals surface area contributed by atoms with E-state index in [1.807, 2.05) is 6.92 Å². The number of esters is 4. The van der Waals surface area contributed by atoms with Crippen LogP contribution in [-0.4, -0.2) is 61.2 Å². The van der Waals surface area contributed by atoms with Crippen molar-refractivity contribution in [2.45, 2.75) is 71.7 Å². The Labute approximate surface area is 175 Å². The van der Waals surface area contributed by atoms with Gasteiger partial charge >= 0.3 is 23.9 Å². The van der Waals surface area contributed by atoms with Crippen LogP contribution in [0.25, 0.3) is 0 Å². The van der Waals surface area contributed by atoms with Gasteiger partial charge in [0.2, 0.25) is 12.4 Å². The number of hydrogen-bond donors (Lipinski definition) is 0. The van der Waals surface area contributed by atoms with Crippen molar-refractivity contribution in [3.63, 3.8) is 0 Å². The maximum Gasteiger partial charge on any atom is 0.303 e. The van der Waals surface area contributed by atoms with E-state index in [1.54, 1.807) is 12.2 Å². The molecule has 0 aromatic heterocycles. The average Bonchev–Trinajstić information content (AvgIpc) is 2.62. The third-order valence-electron chi connectivity index (χ3n) is 3.76. The highest BCUT2D eigenvalue weighted by Crippen LogP contribution is 2.31. The number of carbonyl (C=O) groups excluding carboxylic acids is 4. The summed E-state index contributed by atoms with van der Waals surface area (Å²) in [4.78, 5) is 46.3. The quantitative estimate of drug-likeness (QED) is 0.231. The first-order valence-electron chi connectivity index (χ1n) is 9.37. The van der Waals surface area contributed by atoms with E-state index in [2.05, 4.69) is 6.58 Å². The van der Waals surface area contributed by atoms with Crippen molar-refractivity contribution in [3.05, 3.63) is 24.5 Å². The summed E-state index contributed by atoms with van der Waals surface area (Å²) in [5, 5.41) is 0. The van der Waals surface area contributed by atoms with Crippen molar-refractivity contribution >= 4 is 23.9 Å². The van der Waals surface area contributed by atoms with Gasteiger partial charge in [-0.3, -0.25) is 19.2 Å². The summed E-state index contributed by atoms with van der Waals surface area (Å²) in [6.07, 6.45) is -2.03. The van der Waals surface area contributed by atoms with Crippen LogP contribution >= 0.6 is 0 Å². The molecule has 0 radical (unpaired) electrons. The van der Waals surface area contributed by atoms with Gasteiger partial charge in [0.1, 0.15) is 18.5 Å². The third kappa shape index (κ3) is 8.24. The minimum Gasteiger partial charge on any atom is -0.463 e. The Morgan fingerprint density at radius 1 is 0.833 bits per heavy atom. The number of carbonyl (C=O) groups is 4. The molecule has 0 aromatic carbocycles. The summed E-state index contributed by atoms with van der Waals surface area (Å²) >= 11 is 0. The second-order valence-corrected chi connectivity index (χ2v) is 6.46. The lowest BCUT2D eigenvalue weighted by Gasteiger charge is -2.43. The molecule has 0 N–H and O–H groups in total. The largest absolute Gasteiger partial charge is 0.463 e. The van der Waals surface area contributed by atoms with Gasteiger partial charge in [0.15, 0.2) is 12.2 Å². The van der Waals surface area contributed by atoms with E-state index < -0.39 is 54.6 Å².